The predicted octanol–water partition coefficient (Wildman–Crippen LogP) is 1.00. The fourth-order valence-electron chi connectivity index (χ4n) is 0.852. The molecule has 0 unspecified atom stereocenters. The minimum Gasteiger partial charge on any atom is -0.393 e. The average Bonchev–Trinajstić information content (AvgIpc) is 2.49. The summed E-state index contributed by atoms with van der Waals surface area (Å²) >= 11 is 1.65. The summed E-state index contributed by atoms with van der Waals surface area (Å²) in [6, 6.07) is 0. The van der Waals surface area contributed by atoms with Gasteiger partial charge in [0, 0.05) is 17.6 Å². The third kappa shape index (κ3) is 3.80. The zero-order chi connectivity index (χ0) is 8.81. The predicted molar refractivity (Wildman–Crippen MR) is 50.1 cm³/mol. The molecule has 0 aliphatic heterocycles. The summed E-state index contributed by atoms with van der Waals surface area (Å²) in [6.07, 6.45) is 2.46. The Hall–Kier alpha value is -0.450. The summed E-state index contributed by atoms with van der Waals surface area (Å²) in [5, 5.41) is 12.2. The van der Waals surface area contributed by atoms with Gasteiger partial charge in [0.15, 0.2) is 0 Å². The van der Waals surface area contributed by atoms with Crippen LogP contribution in [0.2, 0.25) is 0 Å². The van der Waals surface area contributed by atoms with Crippen molar-refractivity contribution in [1.29, 1.82) is 0 Å². The lowest BCUT2D eigenvalue weighted by molar-refractivity contribution is 0.183. The molecule has 68 valence electrons. The lowest BCUT2D eigenvalue weighted by Gasteiger charge is -2.04. The van der Waals surface area contributed by atoms with Crippen LogP contribution < -0.4 is 5.32 Å². The molecule has 3 nitrogen and oxygen atoms in total. The topological polar surface area (TPSA) is 45.1 Å². The highest BCUT2D eigenvalue weighted by atomic mass is 32.1. The van der Waals surface area contributed by atoms with Gasteiger partial charge >= 0.3 is 0 Å². The molecule has 0 radical (unpaired) electrons. The SMILES string of the molecule is C[C@@H](O)CCNCc1cncs1. The van der Waals surface area contributed by atoms with E-state index in [9.17, 15) is 0 Å². The smallest absolute Gasteiger partial charge is 0.0794 e. The molecular formula is C8H14N2OS. The van der Waals surface area contributed by atoms with Crippen molar-refractivity contribution in [2.75, 3.05) is 6.54 Å². The molecule has 1 atom stereocenters. The van der Waals surface area contributed by atoms with E-state index < -0.39 is 0 Å². The van der Waals surface area contributed by atoms with Gasteiger partial charge in [-0.1, -0.05) is 0 Å². The quantitative estimate of drug-likeness (QED) is 0.674. The molecular weight excluding hydrogens is 172 g/mol. The maximum Gasteiger partial charge on any atom is 0.0794 e. The zero-order valence-corrected chi connectivity index (χ0v) is 7.97. The molecule has 0 aliphatic carbocycles. The summed E-state index contributed by atoms with van der Waals surface area (Å²) in [5.41, 5.74) is 1.83. The Kier molecular flexibility index (Phi) is 4.21. The van der Waals surface area contributed by atoms with Crippen molar-refractivity contribution >= 4 is 11.3 Å². The minimum atomic E-state index is -0.209. The number of nitrogens with zero attached hydrogens (tertiary/aromatic N) is 1. The number of nitrogens with one attached hydrogen (secondary N) is 1. The molecule has 12 heavy (non-hydrogen) atoms. The Balaban J connectivity index is 2.04. The van der Waals surface area contributed by atoms with Crippen molar-refractivity contribution in [3.63, 3.8) is 0 Å². The van der Waals surface area contributed by atoms with Crippen molar-refractivity contribution in [2.24, 2.45) is 0 Å². The van der Waals surface area contributed by atoms with Gasteiger partial charge in [-0.25, -0.2) is 0 Å². The number of aromatic nitrogens is 1. The van der Waals surface area contributed by atoms with E-state index >= 15 is 0 Å². The van der Waals surface area contributed by atoms with E-state index in [2.05, 4.69) is 10.3 Å². The fourth-order valence-corrected chi connectivity index (χ4v) is 1.42. The monoisotopic (exact) mass is 186 g/mol. The Morgan fingerprint density at radius 3 is 3.17 bits per heavy atom. The van der Waals surface area contributed by atoms with E-state index in [4.69, 9.17) is 5.11 Å². The van der Waals surface area contributed by atoms with Crippen LogP contribution in [0.4, 0.5) is 0 Å². The molecule has 0 aromatic carbocycles. The maximum atomic E-state index is 8.96. The largest absolute Gasteiger partial charge is 0.393 e. The summed E-state index contributed by atoms with van der Waals surface area (Å²) in [5.74, 6) is 0. The third-order valence-electron chi connectivity index (χ3n) is 1.52. The van der Waals surface area contributed by atoms with E-state index in [1.165, 1.54) is 4.88 Å². The van der Waals surface area contributed by atoms with E-state index in [-0.39, 0.29) is 6.10 Å². The molecule has 0 saturated carbocycles. The molecule has 1 aromatic heterocycles. The third-order valence-corrected chi connectivity index (χ3v) is 2.30. The first-order valence-corrected chi connectivity index (χ1v) is 4.93. The zero-order valence-electron chi connectivity index (χ0n) is 7.16. The molecule has 0 spiro atoms. The van der Waals surface area contributed by atoms with Crippen LogP contribution in [0, 0.1) is 0 Å². The Morgan fingerprint density at radius 2 is 2.58 bits per heavy atom. The number of hydrogen-bond donors (Lipinski definition) is 2. The molecule has 1 rings (SSSR count). The first-order valence-electron chi connectivity index (χ1n) is 4.05. The van der Waals surface area contributed by atoms with Crippen LogP contribution in [0.3, 0.4) is 0 Å². The number of hydrogen-bond acceptors (Lipinski definition) is 4. The van der Waals surface area contributed by atoms with Crippen LogP contribution in [0.15, 0.2) is 11.7 Å². The van der Waals surface area contributed by atoms with Crippen molar-refractivity contribution in [2.45, 2.75) is 26.0 Å². The van der Waals surface area contributed by atoms with Crippen molar-refractivity contribution in [3.05, 3.63) is 16.6 Å². The van der Waals surface area contributed by atoms with Gasteiger partial charge in [0.2, 0.25) is 0 Å². The Bertz CT molecular complexity index is 199. The van der Waals surface area contributed by atoms with E-state index in [0.29, 0.717) is 0 Å². The lowest BCUT2D eigenvalue weighted by atomic mass is 10.3. The number of aliphatic hydroxyl groups excluding tert-OH is 1. The van der Waals surface area contributed by atoms with Crippen LogP contribution in [-0.2, 0) is 6.54 Å². The molecule has 0 fully saturated rings. The van der Waals surface area contributed by atoms with Crippen molar-refractivity contribution in [3.8, 4) is 0 Å². The van der Waals surface area contributed by atoms with Crippen LogP contribution in [-0.4, -0.2) is 22.7 Å². The maximum absolute atomic E-state index is 8.96. The average molecular weight is 186 g/mol. The fraction of sp³-hybridized carbons (Fsp3) is 0.625. The molecule has 0 amide bonds. The highest BCUT2D eigenvalue weighted by Crippen LogP contribution is 2.03. The van der Waals surface area contributed by atoms with Gasteiger partial charge in [-0.3, -0.25) is 4.98 Å². The van der Waals surface area contributed by atoms with Gasteiger partial charge in [-0.05, 0) is 19.9 Å². The van der Waals surface area contributed by atoms with Crippen LogP contribution in [0.25, 0.3) is 0 Å². The first kappa shape index (κ1) is 9.64. The molecule has 0 saturated heterocycles. The molecule has 1 heterocycles. The number of thiazole rings is 1. The molecule has 0 aliphatic rings. The number of aliphatic hydroxyl groups is 1. The Labute approximate surface area is 76.5 Å². The second-order valence-electron chi connectivity index (χ2n) is 2.78. The molecule has 1 aromatic rings. The van der Waals surface area contributed by atoms with Crippen molar-refractivity contribution < 1.29 is 5.11 Å². The van der Waals surface area contributed by atoms with Crippen LogP contribution >= 0.6 is 11.3 Å². The van der Waals surface area contributed by atoms with Crippen LogP contribution in [0.5, 0.6) is 0 Å². The van der Waals surface area contributed by atoms with Gasteiger partial charge < -0.3 is 10.4 Å². The molecule has 2 N–H and O–H groups in total. The summed E-state index contributed by atoms with van der Waals surface area (Å²) in [7, 11) is 0. The first-order chi connectivity index (χ1) is 5.79. The second kappa shape index (κ2) is 5.24. The van der Waals surface area contributed by atoms with Crippen LogP contribution in [0.1, 0.15) is 18.2 Å². The Morgan fingerprint density at radius 1 is 1.75 bits per heavy atom. The normalized spacial score (nSPS) is 13.2. The van der Waals surface area contributed by atoms with Gasteiger partial charge in [0.1, 0.15) is 0 Å². The summed E-state index contributed by atoms with van der Waals surface area (Å²) in [6.45, 7) is 3.52. The van der Waals surface area contributed by atoms with Gasteiger partial charge in [0.05, 0.1) is 11.6 Å². The minimum absolute atomic E-state index is 0.209. The van der Waals surface area contributed by atoms with Gasteiger partial charge in [-0.2, -0.15) is 0 Å². The van der Waals surface area contributed by atoms with E-state index in [1.807, 2.05) is 11.7 Å². The highest BCUT2D eigenvalue weighted by Gasteiger charge is 1.96. The highest BCUT2D eigenvalue weighted by molar-refractivity contribution is 7.09. The standard InChI is InChI=1S/C8H14N2OS/c1-7(11)2-3-9-4-8-5-10-6-12-8/h5-7,9,11H,2-4H2,1H3/t7-/m1/s1. The van der Waals surface area contributed by atoms with E-state index in [0.717, 1.165) is 19.5 Å². The summed E-state index contributed by atoms with van der Waals surface area (Å²) < 4.78 is 0. The van der Waals surface area contributed by atoms with E-state index in [1.54, 1.807) is 18.3 Å². The molecule has 4 heteroatoms. The molecule has 0 bridgehead atoms. The number of rotatable bonds is 5. The lowest BCUT2D eigenvalue weighted by Crippen LogP contribution is -2.17. The summed E-state index contributed by atoms with van der Waals surface area (Å²) in [4.78, 5) is 5.20. The van der Waals surface area contributed by atoms with Gasteiger partial charge in [-0.15, -0.1) is 11.3 Å². The van der Waals surface area contributed by atoms with Crippen molar-refractivity contribution in [1.82, 2.24) is 10.3 Å². The van der Waals surface area contributed by atoms with Gasteiger partial charge in [0.25, 0.3) is 0 Å². The second-order valence-corrected chi connectivity index (χ2v) is 3.75.